The zero-order valence-electron chi connectivity index (χ0n) is 15.4. The minimum atomic E-state index is -0.309. The van der Waals surface area contributed by atoms with Crippen LogP contribution < -0.4 is 10.2 Å². The Morgan fingerprint density at radius 3 is 2.33 bits per heavy atom. The highest BCUT2D eigenvalue weighted by Crippen LogP contribution is 2.25. The van der Waals surface area contributed by atoms with Crippen molar-refractivity contribution < 1.29 is 14.6 Å². The number of hydrogen-bond acceptors (Lipinski definition) is 4. The van der Waals surface area contributed by atoms with E-state index in [1.54, 1.807) is 24.3 Å². The summed E-state index contributed by atoms with van der Waals surface area (Å²) in [5, 5.41) is 13.7. The second-order valence-electron chi connectivity index (χ2n) is 6.13. The van der Waals surface area contributed by atoms with Gasteiger partial charge in [0.1, 0.15) is 0 Å². The van der Waals surface area contributed by atoms with E-state index < -0.39 is 0 Å². The summed E-state index contributed by atoms with van der Waals surface area (Å²) in [7, 11) is 1.48. The fourth-order valence-electron chi connectivity index (χ4n) is 2.85. The van der Waals surface area contributed by atoms with Crippen LogP contribution in [0.2, 0.25) is 0 Å². The zero-order chi connectivity index (χ0) is 19.4. The number of rotatable bonds is 5. The van der Waals surface area contributed by atoms with Crippen LogP contribution in [0.4, 0.5) is 0 Å². The maximum atomic E-state index is 12.2. The third-order valence-corrected chi connectivity index (χ3v) is 4.24. The quantitative estimate of drug-likeness (QED) is 0.537. The number of carbonyl (C=O) groups is 1. The number of hydrogen-bond donors (Lipinski definition) is 2. The van der Waals surface area contributed by atoms with Gasteiger partial charge in [-0.2, -0.15) is 5.10 Å². The average Bonchev–Trinajstić information content (AvgIpc) is 3.00. The number of aromatic nitrogens is 1. The summed E-state index contributed by atoms with van der Waals surface area (Å²) in [6.45, 7) is 4.08. The molecule has 6 nitrogen and oxygen atoms in total. The van der Waals surface area contributed by atoms with Crippen LogP contribution in [0.1, 0.15) is 27.3 Å². The van der Waals surface area contributed by atoms with E-state index in [4.69, 9.17) is 4.74 Å². The molecule has 6 heteroatoms. The van der Waals surface area contributed by atoms with Crippen molar-refractivity contribution >= 4 is 12.1 Å². The average molecular weight is 363 g/mol. The van der Waals surface area contributed by atoms with Gasteiger partial charge in [0.15, 0.2) is 11.5 Å². The molecular weight excluding hydrogens is 342 g/mol. The number of phenols is 1. The molecule has 0 aliphatic carbocycles. The van der Waals surface area contributed by atoms with Crippen molar-refractivity contribution in [2.24, 2.45) is 5.10 Å². The lowest BCUT2D eigenvalue weighted by Crippen LogP contribution is -2.17. The number of benzene rings is 2. The highest BCUT2D eigenvalue weighted by atomic mass is 16.5. The first-order valence-corrected chi connectivity index (χ1v) is 8.45. The Morgan fingerprint density at radius 1 is 1.07 bits per heavy atom. The lowest BCUT2D eigenvalue weighted by molar-refractivity contribution is 0.0955. The molecule has 0 aliphatic heterocycles. The first-order chi connectivity index (χ1) is 13.0. The second kappa shape index (κ2) is 7.78. The molecule has 0 spiro atoms. The number of phenolic OH excluding ortho intramolecular Hbond substituents is 1. The highest BCUT2D eigenvalue weighted by molar-refractivity contribution is 5.95. The smallest absolute Gasteiger partial charge is 0.271 e. The van der Waals surface area contributed by atoms with E-state index in [1.807, 2.05) is 26.0 Å². The molecule has 2 aromatic carbocycles. The Balaban J connectivity index is 1.67. The molecule has 0 bridgehead atoms. The number of aromatic hydroxyl groups is 1. The second-order valence-corrected chi connectivity index (χ2v) is 6.13. The Morgan fingerprint density at radius 2 is 1.74 bits per heavy atom. The van der Waals surface area contributed by atoms with E-state index >= 15 is 0 Å². The summed E-state index contributed by atoms with van der Waals surface area (Å²) in [5.41, 5.74) is 6.91. The Bertz CT molecular complexity index is 969. The van der Waals surface area contributed by atoms with Gasteiger partial charge < -0.3 is 14.4 Å². The molecule has 3 aromatic rings. The van der Waals surface area contributed by atoms with Crippen molar-refractivity contribution in [3.63, 3.8) is 0 Å². The fraction of sp³-hybridized carbons (Fsp3) is 0.143. The van der Waals surface area contributed by atoms with Gasteiger partial charge in [-0.3, -0.25) is 4.79 Å². The number of nitrogens with zero attached hydrogens (tertiary/aromatic N) is 2. The van der Waals surface area contributed by atoms with Crippen LogP contribution in [0.25, 0.3) is 5.69 Å². The molecule has 3 rings (SSSR count). The lowest BCUT2D eigenvalue weighted by atomic mass is 10.2. The lowest BCUT2D eigenvalue weighted by Gasteiger charge is -2.10. The van der Waals surface area contributed by atoms with Gasteiger partial charge in [0.2, 0.25) is 0 Å². The predicted octanol–water partition coefficient (Wildman–Crippen LogP) is 3.57. The number of ether oxygens (including phenoxy) is 1. The van der Waals surface area contributed by atoms with Crippen LogP contribution in [0, 0.1) is 13.8 Å². The molecule has 0 saturated heterocycles. The maximum absolute atomic E-state index is 12.2. The van der Waals surface area contributed by atoms with E-state index in [9.17, 15) is 9.90 Å². The van der Waals surface area contributed by atoms with Crippen LogP contribution in [-0.4, -0.2) is 28.9 Å². The van der Waals surface area contributed by atoms with Gasteiger partial charge in [-0.1, -0.05) is 0 Å². The summed E-state index contributed by atoms with van der Waals surface area (Å²) >= 11 is 0. The third-order valence-electron chi connectivity index (χ3n) is 4.24. The van der Waals surface area contributed by atoms with E-state index in [2.05, 4.69) is 27.2 Å². The Hall–Kier alpha value is -3.54. The molecule has 1 amide bonds. The van der Waals surface area contributed by atoms with Gasteiger partial charge in [-0.25, -0.2) is 5.43 Å². The number of nitrogens with one attached hydrogen (secondary N) is 1. The minimum absolute atomic E-state index is 0.0129. The van der Waals surface area contributed by atoms with Gasteiger partial charge in [0.25, 0.3) is 5.91 Å². The molecule has 1 aromatic heterocycles. The monoisotopic (exact) mass is 363 g/mol. The molecule has 0 radical (unpaired) electrons. The molecular formula is C21H21N3O3. The van der Waals surface area contributed by atoms with E-state index in [1.165, 1.54) is 19.4 Å². The number of hydrazone groups is 1. The summed E-state index contributed by atoms with van der Waals surface area (Å²) in [4.78, 5) is 12.2. The van der Waals surface area contributed by atoms with Crippen LogP contribution in [0.15, 0.2) is 59.7 Å². The number of aryl methyl sites for hydroxylation is 2. The first kappa shape index (κ1) is 18.3. The van der Waals surface area contributed by atoms with Crippen molar-refractivity contribution in [3.8, 4) is 17.2 Å². The standard InChI is InChI=1S/C21H21N3O3/c1-14-4-5-15(2)24(14)18-9-7-17(8-10-18)21(26)23-22-13-16-6-11-20(27-3)19(25)12-16/h4-13,25H,1-3H3,(H,23,26)/b22-13+. The SMILES string of the molecule is COc1ccc(/C=N/NC(=O)c2ccc(-n3c(C)ccc3C)cc2)cc1O. The van der Waals surface area contributed by atoms with Crippen molar-refractivity contribution in [1.82, 2.24) is 9.99 Å². The predicted molar refractivity (Wildman–Crippen MR) is 105 cm³/mol. The fourth-order valence-corrected chi connectivity index (χ4v) is 2.85. The minimum Gasteiger partial charge on any atom is -0.504 e. The summed E-state index contributed by atoms with van der Waals surface area (Å²) in [6.07, 6.45) is 1.46. The molecule has 0 fully saturated rings. The molecule has 0 atom stereocenters. The van der Waals surface area contributed by atoms with Crippen LogP contribution in [0.3, 0.4) is 0 Å². The molecule has 138 valence electrons. The van der Waals surface area contributed by atoms with Gasteiger partial charge in [-0.15, -0.1) is 0 Å². The number of carbonyl (C=O) groups excluding carboxylic acids is 1. The molecule has 0 unspecified atom stereocenters. The normalized spacial score (nSPS) is 10.9. The number of methoxy groups -OCH3 is 1. The summed E-state index contributed by atoms with van der Waals surface area (Å²) in [6, 6.07) is 16.3. The number of amides is 1. The molecule has 2 N–H and O–H groups in total. The first-order valence-electron chi connectivity index (χ1n) is 8.45. The van der Waals surface area contributed by atoms with Gasteiger partial charge in [-0.05, 0) is 74.0 Å². The van der Waals surface area contributed by atoms with E-state index in [0.717, 1.165) is 17.1 Å². The Kier molecular flexibility index (Phi) is 5.26. The third kappa shape index (κ3) is 4.00. The van der Waals surface area contributed by atoms with Crippen LogP contribution in [0.5, 0.6) is 11.5 Å². The topological polar surface area (TPSA) is 75.8 Å². The molecule has 0 aliphatic rings. The molecule has 0 saturated carbocycles. The van der Waals surface area contributed by atoms with Crippen molar-refractivity contribution in [2.75, 3.05) is 7.11 Å². The maximum Gasteiger partial charge on any atom is 0.271 e. The van der Waals surface area contributed by atoms with Crippen LogP contribution >= 0.6 is 0 Å². The van der Waals surface area contributed by atoms with Crippen molar-refractivity contribution in [2.45, 2.75) is 13.8 Å². The van der Waals surface area contributed by atoms with Crippen LogP contribution in [-0.2, 0) is 0 Å². The highest BCUT2D eigenvalue weighted by Gasteiger charge is 2.07. The van der Waals surface area contributed by atoms with Gasteiger partial charge in [0.05, 0.1) is 13.3 Å². The zero-order valence-corrected chi connectivity index (χ0v) is 15.4. The molecule has 27 heavy (non-hydrogen) atoms. The largest absolute Gasteiger partial charge is 0.504 e. The van der Waals surface area contributed by atoms with Gasteiger partial charge >= 0.3 is 0 Å². The van der Waals surface area contributed by atoms with Gasteiger partial charge in [0, 0.05) is 22.6 Å². The van der Waals surface area contributed by atoms with E-state index in [0.29, 0.717) is 16.9 Å². The summed E-state index contributed by atoms with van der Waals surface area (Å²) < 4.78 is 7.11. The van der Waals surface area contributed by atoms with E-state index in [-0.39, 0.29) is 11.7 Å². The van der Waals surface area contributed by atoms with Crippen molar-refractivity contribution in [1.29, 1.82) is 0 Å². The Labute approximate surface area is 157 Å². The summed E-state index contributed by atoms with van der Waals surface area (Å²) in [5.74, 6) is 0.0832. The van der Waals surface area contributed by atoms with Crippen molar-refractivity contribution in [3.05, 3.63) is 77.1 Å². The molecule has 1 heterocycles.